The van der Waals surface area contributed by atoms with Gasteiger partial charge >= 0.3 is 15.5 Å². The summed E-state index contributed by atoms with van der Waals surface area (Å²) in [5.74, 6) is -0.918. The minimum atomic E-state index is -5.67. The number of amides is 1. The molecule has 1 aromatic carbocycles. The van der Waals surface area contributed by atoms with Crippen molar-refractivity contribution >= 4 is 15.9 Å². The van der Waals surface area contributed by atoms with Crippen molar-refractivity contribution in [2.75, 3.05) is 0 Å². The van der Waals surface area contributed by atoms with Crippen molar-refractivity contribution in [2.24, 2.45) is 5.92 Å². The van der Waals surface area contributed by atoms with Gasteiger partial charge in [-0.3, -0.25) is 4.79 Å². The monoisotopic (exact) mass is 309 g/mol. The average molecular weight is 309 g/mol. The number of sulfonamides is 1. The zero-order valence-electron chi connectivity index (χ0n) is 10.9. The molecule has 0 spiro atoms. The maximum absolute atomic E-state index is 12.1. The third-order valence-corrected chi connectivity index (χ3v) is 3.46. The fourth-order valence-electron chi connectivity index (χ4n) is 1.50. The van der Waals surface area contributed by atoms with Gasteiger partial charge in [-0.25, -0.2) is 4.72 Å². The lowest BCUT2D eigenvalue weighted by Gasteiger charge is -2.10. The van der Waals surface area contributed by atoms with Gasteiger partial charge in [-0.15, -0.1) is 0 Å². The van der Waals surface area contributed by atoms with Gasteiger partial charge in [-0.05, 0) is 30.0 Å². The Hall–Kier alpha value is -1.57. The van der Waals surface area contributed by atoms with Gasteiger partial charge < -0.3 is 0 Å². The second kappa shape index (κ2) is 5.82. The fourth-order valence-corrected chi connectivity index (χ4v) is 1.98. The van der Waals surface area contributed by atoms with Crippen LogP contribution in [0.5, 0.6) is 0 Å². The van der Waals surface area contributed by atoms with Crippen LogP contribution in [0.25, 0.3) is 0 Å². The number of alkyl halides is 3. The molecule has 0 aliphatic carbocycles. The lowest BCUT2D eigenvalue weighted by atomic mass is 10.0. The molecular formula is C12H14F3NO3S. The largest absolute Gasteiger partial charge is 0.516 e. The standard InChI is InChI=1S/C12H14F3NO3S/c1-8(2)7-9-3-5-10(6-4-9)11(17)16-20(18,19)12(13,14)15/h3-6,8H,7H2,1-2H3,(H,16,17). The molecule has 0 atom stereocenters. The van der Waals surface area contributed by atoms with Gasteiger partial charge in [0.1, 0.15) is 0 Å². The van der Waals surface area contributed by atoms with Crippen LogP contribution in [0, 0.1) is 5.92 Å². The van der Waals surface area contributed by atoms with Crippen LogP contribution in [0.15, 0.2) is 24.3 Å². The summed E-state index contributed by atoms with van der Waals surface area (Å²) in [5, 5.41) is 0. The lowest BCUT2D eigenvalue weighted by molar-refractivity contribution is -0.0446. The topological polar surface area (TPSA) is 63.2 Å². The Kier molecular flexibility index (Phi) is 4.80. The van der Waals surface area contributed by atoms with Crippen LogP contribution < -0.4 is 4.72 Å². The number of hydrogen-bond donors (Lipinski definition) is 1. The molecular weight excluding hydrogens is 295 g/mol. The minimum Gasteiger partial charge on any atom is -0.268 e. The molecule has 1 rings (SSSR count). The normalized spacial score (nSPS) is 12.5. The number of benzene rings is 1. The quantitative estimate of drug-likeness (QED) is 0.929. The Morgan fingerprint density at radius 3 is 2.10 bits per heavy atom. The van der Waals surface area contributed by atoms with Crippen LogP contribution in [0.3, 0.4) is 0 Å². The summed E-state index contributed by atoms with van der Waals surface area (Å²) in [6.07, 6.45) is 0.753. The molecule has 20 heavy (non-hydrogen) atoms. The smallest absolute Gasteiger partial charge is 0.268 e. The molecule has 8 heteroatoms. The zero-order chi connectivity index (χ0) is 15.6. The first-order valence-corrected chi connectivity index (χ1v) is 7.23. The molecule has 1 aromatic rings. The molecule has 0 bridgehead atoms. The minimum absolute atomic E-state index is 0.148. The Morgan fingerprint density at radius 1 is 1.20 bits per heavy atom. The Bertz CT molecular complexity index is 577. The van der Waals surface area contributed by atoms with Crippen molar-refractivity contribution in [3.05, 3.63) is 35.4 Å². The number of carbonyl (C=O) groups is 1. The third-order valence-electron chi connectivity index (χ3n) is 2.39. The highest BCUT2D eigenvalue weighted by Gasteiger charge is 2.47. The van der Waals surface area contributed by atoms with Crippen LogP contribution in [-0.4, -0.2) is 19.8 Å². The Labute approximate surface area is 115 Å². The van der Waals surface area contributed by atoms with Crippen LogP contribution in [0.4, 0.5) is 13.2 Å². The van der Waals surface area contributed by atoms with Crippen LogP contribution in [0.2, 0.25) is 0 Å². The summed E-state index contributed by atoms with van der Waals surface area (Å²) in [6.45, 7) is 3.99. The third kappa shape index (κ3) is 4.22. The molecule has 0 saturated carbocycles. The van der Waals surface area contributed by atoms with Crippen molar-refractivity contribution in [1.82, 2.24) is 4.72 Å². The van der Waals surface area contributed by atoms with Gasteiger partial charge in [0.15, 0.2) is 0 Å². The fraction of sp³-hybridized carbons (Fsp3) is 0.417. The molecule has 0 radical (unpaired) electrons. The summed E-state index contributed by atoms with van der Waals surface area (Å²) < 4.78 is 58.9. The van der Waals surface area contributed by atoms with Gasteiger partial charge in [0.05, 0.1) is 0 Å². The van der Waals surface area contributed by atoms with Crippen molar-refractivity contribution in [2.45, 2.75) is 25.8 Å². The summed E-state index contributed by atoms with van der Waals surface area (Å²) in [4.78, 5) is 11.5. The predicted molar refractivity (Wildman–Crippen MR) is 67.4 cm³/mol. The van der Waals surface area contributed by atoms with E-state index in [2.05, 4.69) is 0 Å². The highest BCUT2D eigenvalue weighted by atomic mass is 32.2. The molecule has 0 aromatic heterocycles. The molecule has 1 amide bonds. The Morgan fingerprint density at radius 2 is 1.70 bits per heavy atom. The predicted octanol–water partition coefficient (Wildman–Crippen LogP) is 2.46. The summed E-state index contributed by atoms with van der Waals surface area (Å²) in [6, 6.07) is 5.74. The highest BCUT2D eigenvalue weighted by molar-refractivity contribution is 7.90. The van der Waals surface area contributed by atoms with Crippen LogP contribution >= 0.6 is 0 Å². The van der Waals surface area contributed by atoms with E-state index in [-0.39, 0.29) is 5.56 Å². The second-order valence-electron chi connectivity index (χ2n) is 4.68. The first kappa shape index (κ1) is 16.5. The SMILES string of the molecule is CC(C)Cc1ccc(C(=O)NS(=O)(=O)C(F)(F)F)cc1. The zero-order valence-corrected chi connectivity index (χ0v) is 11.7. The van der Waals surface area contributed by atoms with E-state index in [0.717, 1.165) is 16.7 Å². The molecule has 0 aliphatic heterocycles. The van der Waals surface area contributed by atoms with Crippen LogP contribution in [0.1, 0.15) is 29.8 Å². The maximum atomic E-state index is 12.1. The Balaban J connectivity index is 2.84. The van der Waals surface area contributed by atoms with E-state index < -0.39 is 21.4 Å². The molecule has 0 aliphatic rings. The molecule has 112 valence electrons. The number of halogens is 3. The van der Waals surface area contributed by atoms with Crippen molar-refractivity contribution in [1.29, 1.82) is 0 Å². The first-order valence-electron chi connectivity index (χ1n) is 5.75. The van der Waals surface area contributed by atoms with Gasteiger partial charge in [0.2, 0.25) is 0 Å². The number of nitrogens with one attached hydrogen (secondary N) is 1. The maximum Gasteiger partial charge on any atom is 0.516 e. The van der Waals surface area contributed by atoms with E-state index in [1.165, 1.54) is 12.1 Å². The van der Waals surface area contributed by atoms with Crippen LogP contribution in [-0.2, 0) is 16.4 Å². The van der Waals surface area contributed by atoms with Gasteiger partial charge in [-0.2, -0.15) is 21.6 Å². The van der Waals surface area contributed by atoms with Crippen molar-refractivity contribution in [3.8, 4) is 0 Å². The number of rotatable bonds is 4. The van der Waals surface area contributed by atoms with Gasteiger partial charge in [0.25, 0.3) is 5.91 Å². The van der Waals surface area contributed by atoms with Crippen molar-refractivity contribution < 1.29 is 26.4 Å². The molecule has 0 saturated heterocycles. The molecule has 0 unspecified atom stereocenters. The second-order valence-corrected chi connectivity index (χ2v) is 6.35. The molecule has 0 fully saturated rings. The number of hydrogen-bond acceptors (Lipinski definition) is 3. The van der Waals surface area contributed by atoms with Gasteiger partial charge in [-0.1, -0.05) is 26.0 Å². The summed E-state index contributed by atoms with van der Waals surface area (Å²) in [5.41, 5.74) is -4.75. The molecule has 1 N–H and O–H groups in total. The van der Waals surface area contributed by atoms with E-state index in [4.69, 9.17) is 0 Å². The van der Waals surface area contributed by atoms with E-state index in [0.29, 0.717) is 5.92 Å². The van der Waals surface area contributed by atoms with E-state index in [9.17, 15) is 26.4 Å². The highest BCUT2D eigenvalue weighted by Crippen LogP contribution is 2.22. The molecule has 4 nitrogen and oxygen atoms in total. The lowest BCUT2D eigenvalue weighted by Crippen LogP contribution is -2.40. The average Bonchev–Trinajstić information content (AvgIpc) is 2.26. The van der Waals surface area contributed by atoms with E-state index in [1.54, 1.807) is 12.1 Å². The molecule has 0 heterocycles. The van der Waals surface area contributed by atoms with E-state index >= 15 is 0 Å². The van der Waals surface area contributed by atoms with E-state index in [1.807, 2.05) is 13.8 Å². The number of carbonyl (C=O) groups excluding carboxylic acids is 1. The van der Waals surface area contributed by atoms with Gasteiger partial charge in [0, 0.05) is 5.56 Å². The van der Waals surface area contributed by atoms with Crippen molar-refractivity contribution in [3.63, 3.8) is 0 Å². The summed E-state index contributed by atoms with van der Waals surface area (Å²) >= 11 is 0. The first-order chi connectivity index (χ1) is 9.03. The summed E-state index contributed by atoms with van der Waals surface area (Å²) in [7, 11) is -5.67.